The molecule has 1 aliphatic heterocycles. The highest BCUT2D eigenvalue weighted by Crippen LogP contribution is 2.35. The van der Waals surface area contributed by atoms with Crippen molar-refractivity contribution in [1.29, 1.82) is 0 Å². The summed E-state index contributed by atoms with van der Waals surface area (Å²) < 4.78 is 4.90. The van der Waals surface area contributed by atoms with E-state index in [4.69, 9.17) is 4.74 Å². The van der Waals surface area contributed by atoms with Crippen LogP contribution < -0.4 is 10.6 Å². The lowest BCUT2D eigenvalue weighted by Gasteiger charge is -2.43. The van der Waals surface area contributed by atoms with Crippen molar-refractivity contribution in [1.82, 2.24) is 10.6 Å². The molecule has 118 valence electrons. The monoisotopic (exact) mass is 304 g/mol. The third-order valence-electron chi connectivity index (χ3n) is 4.08. The zero-order valence-electron chi connectivity index (χ0n) is 12.9. The summed E-state index contributed by atoms with van der Waals surface area (Å²) in [6, 6.07) is 8.98. The van der Waals surface area contributed by atoms with Gasteiger partial charge in [0.1, 0.15) is 5.54 Å². The first-order valence-electron chi connectivity index (χ1n) is 7.09. The summed E-state index contributed by atoms with van der Waals surface area (Å²) in [6.07, 6.45) is 0.675. The van der Waals surface area contributed by atoms with Crippen LogP contribution in [0.3, 0.4) is 0 Å². The maximum atomic E-state index is 12.5. The maximum Gasteiger partial charge on any atom is 0.336 e. The van der Waals surface area contributed by atoms with Crippen LogP contribution >= 0.6 is 0 Å². The molecule has 2 amide bonds. The molecule has 2 N–H and O–H groups in total. The van der Waals surface area contributed by atoms with E-state index >= 15 is 0 Å². The number of piperidine rings is 1. The van der Waals surface area contributed by atoms with E-state index in [2.05, 4.69) is 10.6 Å². The van der Waals surface area contributed by atoms with E-state index in [1.54, 1.807) is 31.2 Å². The first-order chi connectivity index (χ1) is 10.3. The van der Waals surface area contributed by atoms with Crippen molar-refractivity contribution in [2.24, 2.45) is 0 Å². The van der Waals surface area contributed by atoms with Gasteiger partial charge in [-0.3, -0.25) is 9.59 Å². The first-order valence-corrected chi connectivity index (χ1v) is 7.09. The number of ether oxygens (including phenoxy) is 1. The van der Waals surface area contributed by atoms with Gasteiger partial charge in [0, 0.05) is 6.92 Å². The Labute approximate surface area is 129 Å². The number of carbonyl (C=O) groups is 3. The van der Waals surface area contributed by atoms with Crippen LogP contribution in [0.25, 0.3) is 0 Å². The lowest BCUT2D eigenvalue weighted by Crippen LogP contribution is -2.67. The Kier molecular flexibility index (Phi) is 4.21. The van der Waals surface area contributed by atoms with E-state index in [0.717, 1.165) is 0 Å². The van der Waals surface area contributed by atoms with Crippen LogP contribution in [0.5, 0.6) is 0 Å². The Balaban J connectivity index is 2.38. The van der Waals surface area contributed by atoms with Crippen LogP contribution in [0.2, 0.25) is 0 Å². The van der Waals surface area contributed by atoms with Gasteiger partial charge >= 0.3 is 5.97 Å². The predicted molar refractivity (Wildman–Crippen MR) is 79.7 cm³/mol. The molecule has 1 aromatic rings. The fraction of sp³-hybridized carbons (Fsp3) is 0.438. The minimum Gasteiger partial charge on any atom is -0.467 e. The first kappa shape index (κ1) is 16.0. The number of amides is 2. The zero-order chi connectivity index (χ0) is 16.4. The van der Waals surface area contributed by atoms with Crippen LogP contribution in [-0.2, 0) is 24.7 Å². The Bertz CT molecular complexity index is 601. The summed E-state index contributed by atoms with van der Waals surface area (Å²) in [6.45, 7) is 3.01. The minimum absolute atomic E-state index is 0.289. The topological polar surface area (TPSA) is 84.5 Å². The van der Waals surface area contributed by atoms with Gasteiger partial charge in [-0.25, -0.2) is 4.79 Å². The average Bonchev–Trinajstić information content (AvgIpc) is 2.49. The largest absolute Gasteiger partial charge is 0.467 e. The third kappa shape index (κ3) is 2.68. The third-order valence-corrected chi connectivity index (χ3v) is 4.08. The SMILES string of the molecule is COC(=O)[C@@]1(c2ccccc2)CC[C@@](C)(NC(C)=O)C(=O)N1. The molecule has 0 spiro atoms. The molecule has 1 aromatic carbocycles. The van der Waals surface area contributed by atoms with Crippen molar-refractivity contribution in [3.63, 3.8) is 0 Å². The molecule has 22 heavy (non-hydrogen) atoms. The molecule has 0 unspecified atom stereocenters. The fourth-order valence-electron chi connectivity index (χ4n) is 2.84. The highest BCUT2D eigenvalue weighted by atomic mass is 16.5. The molecular weight excluding hydrogens is 284 g/mol. The molecule has 1 fully saturated rings. The second kappa shape index (κ2) is 5.79. The summed E-state index contributed by atoms with van der Waals surface area (Å²) >= 11 is 0. The van der Waals surface area contributed by atoms with Gasteiger partial charge < -0.3 is 15.4 Å². The standard InChI is InChI=1S/C16H20N2O4/c1-11(19)17-15(2)9-10-16(14(21)22-3,18-13(15)20)12-7-5-4-6-8-12/h4-8H,9-10H2,1-3H3,(H,17,19)(H,18,20)/t15-,16+/m1/s1. The summed E-state index contributed by atoms with van der Waals surface area (Å²) in [7, 11) is 1.29. The summed E-state index contributed by atoms with van der Waals surface area (Å²) in [5.41, 5.74) is -1.58. The second-order valence-electron chi connectivity index (χ2n) is 5.73. The molecule has 6 heteroatoms. The van der Waals surface area contributed by atoms with E-state index < -0.39 is 23.0 Å². The summed E-state index contributed by atoms with van der Waals surface area (Å²) in [5.74, 6) is -1.21. The van der Waals surface area contributed by atoms with Gasteiger partial charge in [0.2, 0.25) is 11.8 Å². The van der Waals surface area contributed by atoms with Crippen molar-refractivity contribution in [3.05, 3.63) is 35.9 Å². The van der Waals surface area contributed by atoms with Gasteiger partial charge in [0.15, 0.2) is 5.54 Å². The number of esters is 1. The van der Waals surface area contributed by atoms with E-state index in [1.165, 1.54) is 14.0 Å². The van der Waals surface area contributed by atoms with E-state index in [0.29, 0.717) is 18.4 Å². The smallest absolute Gasteiger partial charge is 0.336 e. The van der Waals surface area contributed by atoms with Crippen molar-refractivity contribution in [2.75, 3.05) is 7.11 Å². The molecule has 1 aliphatic rings. The Morgan fingerprint density at radius 3 is 2.36 bits per heavy atom. The average molecular weight is 304 g/mol. The highest BCUT2D eigenvalue weighted by molar-refractivity contribution is 5.96. The summed E-state index contributed by atoms with van der Waals surface area (Å²) in [4.78, 5) is 36.2. The second-order valence-corrected chi connectivity index (χ2v) is 5.73. The van der Waals surface area contributed by atoms with Crippen molar-refractivity contribution in [2.45, 2.75) is 37.8 Å². The molecule has 0 saturated carbocycles. The van der Waals surface area contributed by atoms with Crippen molar-refractivity contribution in [3.8, 4) is 0 Å². The molecule has 1 saturated heterocycles. The predicted octanol–water partition coefficient (Wildman–Crippen LogP) is 0.860. The quantitative estimate of drug-likeness (QED) is 0.811. The minimum atomic E-state index is -1.22. The van der Waals surface area contributed by atoms with Crippen molar-refractivity contribution < 1.29 is 19.1 Å². The van der Waals surface area contributed by atoms with E-state index in [1.807, 2.05) is 6.07 Å². The van der Waals surface area contributed by atoms with Gasteiger partial charge in [-0.05, 0) is 25.3 Å². The Morgan fingerprint density at radius 1 is 1.23 bits per heavy atom. The van der Waals surface area contributed by atoms with Gasteiger partial charge in [0.25, 0.3) is 0 Å². The molecule has 0 bridgehead atoms. The van der Waals surface area contributed by atoms with Crippen LogP contribution in [0.1, 0.15) is 32.3 Å². The Morgan fingerprint density at radius 2 is 1.86 bits per heavy atom. The fourth-order valence-corrected chi connectivity index (χ4v) is 2.84. The number of rotatable bonds is 3. The number of hydrogen-bond acceptors (Lipinski definition) is 4. The lowest BCUT2D eigenvalue weighted by molar-refractivity contribution is -0.156. The lowest BCUT2D eigenvalue weighted by atomic mass is 9.76. The van der Waals surface area contributed by atoms with Crippen LogP contribution in [-0.4, -0.2) is 30.4 Å². The molecular formula is C16H20N2O4. The molecule has 0 radical (unpaired) electrons. The van der Waals surface area contributed by atoms with Crippen molar-refractivity contribution >= 4 is 17.8 Å². The molecule has 2 rings (SSSR count). The van der Waals surface area contributed by atoms with Crippen LogP contribution in [0.15, 0.2) is 30.3 Å². The number of hydrogen-bond donors (Lipinski definition) is 2. The molecule has 1 heterocycles. The van der Waals surface area contributed by atoms with Gasteiger partial charge in [0.05, 0.1) is 7.11 Å². The van der Waals surface area contributed by atoms with E-state index in [-0.39, 0.29) is 5.91 Å². The van der Waals surface area contributed by atoms with E-state index in [9.17, 15) is 14.4 Å². The molecule has 0 aliphatic carbocycles. The van der Waals surface area contributed by atoms with Gasteiger partial charge in [-0.2, -0.15) is 0 Å². The number of methoxy groups -OCH3 is 1. The zero-order valence-corrected chi connectivity index (χ0v) is 12.9. The van der Waals surface area contributed by atoms with Crippen LogP contribution in [0, 0.1) is 0 Å². The number of carbonyl (C=O) groups excluding carboxylic acids is 3. The van der Waals surface area contributed by atoms with Gasteiger partial charge in [-0.15, -0.1) is 0 Å². The highest BCUT2D eigenvalue weighted by Gasteiger charge is 2.52. The molecule has 2 atom stereocenters. The molecule has 0 aromatic heterocycles. The summed E-state index contributed by atoms with van der Waals surface area (Å²) in [5, 5.41) is 5.42. The number of nitrogens with one attached hydrogen (secondary N) is 2. The number of benzene rings is 1. The molecule has 6 nitrogen and oxygen atoms in total. The maximum absolute atomic E-state index is 12.5. The Hall–Kier alpha value is -2.37. The van der Waals surface area contributed by atoms with Crippen LogP contribution in [0.4, 0.5) is 0 Å². The van der Waals surface area contributed by atoms with Gasteiger partial charge in [-0.1, -0.05) is 30.3 Å². The normalized spacial score (nSPS) is 27.7.